The molecule has 1 N–H and O–H groups in total. The van der Waals surface area contributed by atoms with Crippen molar-refractivity contribution < 1.29 is 22.8 Å². The number of rotatable bonds is 6. The quantitative estimate of drug-likeness (QED) is 0.576. The van der Waals surface area contributed by atoms with Crippen molar-refractivity contribution in [3.8, 4) is 0 Å². The number of amides is 2. The van der Waals surface area contributed by atoms with E-state index < -0.39 is 11.7 Å². The summed E-state index contributed by atoms with van der Waals surface area (Å²) in [6, 6.07) is 9.25. The van der Waals surface area contributed by atoms with Gasteiger partial charge in [-0.1, -0.05) is 11.8 Å². The number of thioether (sulfide) groups is 1. The van der Waals surface area contributed by atoms with E-state index in [0.717, 1.165) is 36.1 Å². The van der Waals surface area contributed by atoms with Gasteiger partial charge in [0.1, 0.15) is 0 Å². The Labute approximate surface area is 179 Å². The number of aromatic nitrogens is 3. The molecule has 0 radical (unpaired) electrons. The van der Waals surface area contributed by atoms with E-state index in [1.54, 1.807) is 29.2 Å². The third-order valence-corrected chi connectivity index (χ3v) is 5.74. The van der Waals surface area contributed by atoms with Gasteiger partial charge in [0.25, 0.3) is 0 Å². The van der Waals surface area contributed by atoms with E-state index in [1.807, 2.05) is 0 Å². The zero-order valence-corrected chi connectivity index (χ0v) is 17.0. The molecule has 31 heavy (non-hydrogen) atoms. The first-order valence-electron chi connectivity index (χ1n) is 9.56. The van der Waals surface area contributed by atoms with Gasteiger partial charge in [0.15, 0.2) is 10.8 Å². The molecule has 3 aromatic rings. The van der Waals surface area contributed by atoms with E-state index in [9.17, 15) is 22.8 Å². The van der Waals surface area contributed by atoms with E-state index in [2.05, 4.69) is 15.5 Å². The zero-order valence-electron chi connectivity index (χ0n) is 16.2. The molecule has 0 saturated carbocycles. The van der Waals surface area contributed by atoms with Gasteiger partial charge < -0.3 is 10.2 Å². The molecule has 162 valence electrons. The molecule has 7 nitrogen and oxygen atoms in total. The van der Waals surface area contributed by atoms with E-state index in [4.69, 9.17) is 0 Å². The van der Waals surface area contributed by atoms with Crippen LogP contribution in [-0.2, 0) is 15.8 Å². The Morgan fingerprint density at radius 3 is 2.58 bits per heavy atom. The average Bonchev–Trinajstić information content (AvgIpc) is 3.34. The summed E-state index contributed by atoms with van der Waals surface area (Å²) < 4.78 is 40.0. The number of alkyl halides is 3. The Balaban J connectivity index is 1.32. The maximum absolute atomic E-state index is 12.9. The third kappa shape index (κ3) is 4.82. The minimum absolute atomic E-state index is 0.0946. The molecule has 11 heteroatoms. The molecule has 3 heterocycles. The SMILES string of the molecule is O=C(CCSc1nnc2ccc(C(F)(F)F)cn12)Nc1ccc(N2CCCC2=O)cc1. The lowest BCUT2D eigenvalue weighted by Crippen LogP contribution is -2.23. The number of halogens is 3. The molecular formula is C20H18F3N5O2S. The topological polar surface area (TPSA) is 79.6 Å². The Kier molecular flexibility index (Phi) is 5.86. The Bertz CT molecular complexity index is 1110. The van der Waals surface area contributed by atoms with Crippen LogP contribution in [0.3, 0.4) is 0 Å². The lowest BCUT2D eigenvalue weighted by atomic mass is 10.2. The van der Waals surface area contributed by atoms with Crippen LogP contribution >= 0.6 is 11.8 Å². The molecular weight excluding hydrogens is 431 g/mol. The van der Waals surface area contributed by atoms with Gasteiger partial charge in [-0.25, -0.2) is 0 Å². The van der Waals surface area contributed by atoms with Crippen molar-refractivity contribution in [1.29, 1.82) is 0 Å². The maximum Gasteiger partial charge on any atom is 0.417 e. The lowest BCUT2D eigenvalue weighted by molar-refractivity contribution is -0.137. The third-order valence-electron chi connectivity index (χ3n) is 4.79. The first kappa shape index (κ1) is 21.2. The molecule has 2 aromatic heterocycles. The summed E-state index contributed by atoms with van der Waals surface area (Å²) in [5.74, 6) is 0.183. The minimum atomic E-state index is -4.46. The van der Waals surface area contributed by atoms with Crippen LogP contribution in [0.2, 0.25) is 0 Å². The number of carbonyl (C=O) groups excluding carboxylic acids is 2. The van der Waals surface area contributed by atoms with Crippen molar-refractivity contribution in [3.05, 3.63) is 48.2 Å². The predicted octanol–water partition coefficient (Wildman–Crippen LogP) is 4.00. The second kappa shape index (κ2) is 8.58. The molecule has 0 bridgehead atoms. The van der Waals surface area contributed by atoms with Crippen molar-refractivity contribution >= 4 is 40.6 Å². The Hall–Kier alpha value is -3.08. The van der Waals surface area contributed by atoms with Crippen LogP contribution in [0.15, 0.2) is 47.8 Å². The highest BCUT2D eigenvalue weighted by Crippen LogP contribution is 2.30. The number of fused-ring (bicyclic) bond motifs is 1. The number of hydrogen-bond acceptors (Lipinski definition) is 5. The maximum atomic E-state index is 12.9. The zero-order chi connectivity index (χ0) is 22.0. The van der Waals surface area contributed by atoms with Gasteiger partial charge in [0, 0.05) is 42.7 Å². The van der Waals surface area contributed by atoms with Gasteiger partial charge in [-0.15, -0.1) is 10.2 Å². The fraction of sp³-hybridized carbons (Fsp3) is 0.300. The van der Waals surface area contributed by atoms with Crippen molar-refractivity contribution in [2.75, 3.05) is 22.5 Å². The van der Waals surface area contributed by atoms with Gasteiger partial charge >= 0.3 is 6.18 Å². The number of pyridine rings is 1. The largest absolute Gasteiger partial charge is 0.417 e. The molecule has 1 aliphatic heterocycles. The lowest BCUT2D eigenvalue weighted by Gasteiger charge is -2.16. The van der Waals surface area contributed by atoms with Gasteiger partial charge in [0.2, 0.25) is 11.8 Å². The number of nitrogens with zero attached hydrogens (tertiary/aromatic N) is 4. The molecule has 0 aliphatic carbocycles. The van der Waals surface area contributed by atoms with Gasteiger partial charge in [-0.2, -0.15) is 13.2 Å². The highest BCUT2D eigenvalue weighted by Gasteiger charge is 2.31. The number of benzene rings is 1. The predicted molar refractivity (Wildman–Crippen MR) is 110 cm³/mol. The van der Waals surface area contributed by atoms with E-state index >= 15 is 0 Å². The second-order valence-electron chi connectivity index (χ2n) is 6.97. The van der Waals surface area contributed by atoms with Crippen molar-refractivity contribution in [2.24, 2.45) is 0 Å². The molecule has 1 fully saturated rings. The van der Waals surface area contributed by atoms with Gasteiger partial charge in [-0.3, -0.25) is 14.0 Å². The molecule has 0 spiro atoms. The van der Waals surface area contributed by atoms with Crippen LogP contribution in [-0.4, -0.2) is 38.7 Å². The summed E-state index contributed by atoms with van der Waals surface area (Å²) in [6.07, 6.45) is -1.98. The number of anilines is 2. The van der Waals surface area contributed by atoms with Crippen LogP contribution < -0.4 is 10.2 Å². The monoisotopic (exact) mass is 449 g/mol. The van der Waals surface area contributed by atoms with E-state index in [1.165, 1.54) is 10.5 Å². The summed E-state index contributed by atoms with van der Waals surface area (Å²) >= 11 is 1.15. The summed E-state index contributed by atoms with van der Waals surface area (Å²) in [5.41, 5.74) is 0.913. The number of nitrogens with one attached hydrogen (secondary N) is 1. The fourth-order valence-electron chi connectivity index (χ4n) is 3.24. The molecule has 1 aliphatic rings. The van der Waals surface area contributed by atoms with Crippen LogP contribution in [0, 0.1) is 0 Å². The van der Waals surface area contributed by atoms with Crippen molar-refractivity contribution in [1.82, 2.24) is 14.6 Å². The highest BCUT2D eigenvalue weighted by molar-refractivity contribution is 7.99. The Morgan fingerprint density at radius 2 is 1.90 bits per heavy atom. The smallest absolute Gasteiger partial charge is 0.326 e. The van der Waals surface area contributed by atoms with Gasteiger partial charge in [0.05, 0.1) is 5.56 Å². The summed E-state index contributed by atoms with van der Waals surface area (Å²) in [6.45, 7) is 0.698. The van der Waals surface area contributed by atoms with Crippen LogP contribution in [0.25, 0.3) is 5.65 Å². The van der Waals surface area contributed by atoms with Gasteiger partial charge in [-0.05, 0) is 42.8 Å². The standard InChI is InChI=1S/C20H18F3N5O2S/c21-20(22,23)13-3-8-16-25-26-19(28(16)12-13)31-11-9-17(29)24-14-4-6-15(7-5-14)27-10-1-2-18(27)30/h3-8,12H,1-2,9-11H2,(H,24,29). The average molecular weight is 449 g/mol. The van der Waals surface area contributed by atoms with E-state index in [0.29, 0.717) is 30.1 Å². The summed E-state index contributed by atoms with van der Waals surface area (Å²) in [7, 11) is 0. The fourth-order valence-corrected chi connectivity index (χ4v) is 4.09. The normalized spacial score (nSPS) is 14.4. The van der Waals surface area contributed by atoms with Crippen LogP contribution in [0.4, 0.5) is 24.5 Å². The molecule has 2 amide bonds. The summed E-state index contributed by atoms with van der Waals surface area (Å²) in [4.78, 5) is 25.7. The van der Waals surface area contributed by atoms with Crippen molar-refractivity contribution in [3.63, 3.8) is 0 Å². The first-order valence-corrected chi connectivity index (χ1v) is 10.5. The van der Waals surface area contributed by atoms with Crippen LogP contribution in [0.1, 0.15) is 24.8 Å². The molecule has 0 unspecified atom stereocenters. The molecule has 4 rings (SSSR count). The van der Waals surface area contributed by atoms with Crippen LogP contribution in [0.5, 0.6) is 0 Å². The Morgan fingerprint density at radius 1 is 1.13 bits per heavy atom. The van der Waals surface area contributed by atoms with E-state index in [-0.39, 0.29) is 23.4 Å². The first-order chi connectivity index (χ1) is 14.8. The second-order valence-corrected chi connectivity index (χ2v) is 8.03. The molecule has 0 atom stereocenters. The minimum Gasteiger partial charge on any atom is -0.326 e. The number of hydrogen-bond donors (Lipinski definition) is 1. The highest BCUT2D eigenvalue weighted by atomic mass is 32.2. The number of carbonyl (C=O) groups is 2. The molecule has 1 saturated heterocycles. The summed E-state index contributed by atoms with van der Waals surface area (Å²) in [5, 5.41) is 10.8. The molecule has 1 aromatic carbocycles. The van der Waals surface area contributed by atoms with Crippen molar-refractivity contribution in [2.45, 2.75) is 30.6 Å².